The number of aromatic nitrogens is 1. The van der Waals surface area contributed by atoms with Gasteiger partial charge in [0.05, 0.1) is 5.52 Å². The van der Waals surface area contributed by atoms with Gasteiger partial charge in [0.25, 0.3) is 0 Å². The van der Waals surface area contributed by atoms with Crippen LogP contribution in [0.25, 0.3) is 11.1 Å². The summed E-state index contributed by atoms with van der Waals surface area (Å²) in [5.41, 5.74) is 2.54. The standard InChI is InChI=1S/C14H20N2O2/c1-4-9(2)7-12(15-3)10-5-6-11-13(8-10)18-14(17)16-11/h5-6,8-9,12,15H,4,7H2,1-3H3,(H,16,17). The molecule has 4 heteroatoms. The summed E-state index contributed by atoms with van der Waals surface area (Å²) >= 11 is 0. The molecule has 4 nitrogen and oxygen atoms in total. The monoisotopic (exact) mass is 248 g/mol. The van der Waals surface area contributed by atoms with Crippen molar-refractivity contribution in [1.29, 1.82) is 0 Å². The van der Waals surface area contributed by atoms with Crippen molar-refractivity contribution in [1.82, 2.24) is 10.3 Å². The zero-order valence-corrected chi connectivity index (χ0v) is 11.1. The second kappa shape index (κ2) is 5.40. The van der Waals surface area contributed by atoms with E-state index in [4.69, 9.17) is 4.42 Å². The fraction of sp³-hybridized carbons (Fsp3) is 0.500. The lowest BCUT2D eigenvalue weighted by Gasteiger charge is -2.20. The lowest BCUT2D eigenvalue weighted by Crippen LogP contribution is -2.18. The minimum absolute atomic E-state index is 0.296. The van der Waals surface area contributed by atoms with Crippen LogP contribution in [0.4, 0.5) is 0 Å². The quantitative estimate of drug-likeness (QED) is 0.855. The summed E-state index contributed by atoms with van der Waals surface area (Å²) < 4.78 is 5.10. The molecule has 0 fully saturated rings. The first-order chi connectivity index (χ1) is 8.63. The van der Waals surface area contributed by atoms with E-state index < -0.39 is 5.76 Å². The van der Waals surface area contributed by atoms with Crippen LogP contribution in [0.5, 0.6) is 0 Å². The molecule has 0 saturated carbocycles. The number of nitrogens with one attached hydrogen (secondary N) is 2. The van der Waals surface area contributed by atoms with Gasteiger partial charge in [-0.25, -0.2) is 4.79 Å². The fourth-order valence-electron chi connectivity index (χ4n) is 2.17. The summed E-state index contributed by atoms with van der Waals surface area (Å²) in [4.78, 5) is 13.8. The highest BCUT2D eigenvalue weighted by atomic mass is 16.4. The van der Waals surface area contributed by atoms with Gasteiger partial charge in [0.2, 0.25) is 0 Å². The maximum absolute atomic E-state index is 11.1. The molecule has 0 saturated heterocycles. The van der Waals surface area contributed by atoms with E-state index in [2.05, 4.69) is 24.1 Å². The van der Waals surface area contributed by atoms with Crippen molar-refractivity contribution in [3.63, 3.8) is 0 Å². The second-order valence-corrected chi connectivity index (χ2v) is 4.86. The SMILES string of the molecule is CCC(C)CC(NC)c1ccc2[nH]c(=O)oc2c1. The van der Waals surface area contributed by atoms with Gasteiger partial charge < -0.3 is 9.73 Å². The van der Waals surface area contributed by atoms with Crippen molar-refractivity contribution in [3.05, 3.63) is 34.3 Å². The average molecular weight is 248 g/mol. The average Bonchev–Trinajstić information content (AvgIpc) is 2.74. The van der Waals surface area contributed by atoms with Crippen LogP contribution in [0.1, 0.15) is 38.3 Å². The van der Waals surface area contributed by atoms with Crippen LogP contribution in [0.2, 0.25) is 0 Å². The molecule has 1 aromatic heterocycles. The molecule has 1 heterocycles. The minimum Gasteiger partial charge on any atom is -0.408 e. The van der Waals surface area contributed by atoms with Crippen molar-refractivity contribution >= 4 is 11.1 Å². The Morgan fingerprint density at radius 2 is 2.22 bits per heavy atom. The smallest absolute Gasteiger partial charge is 0.408 e. The van der Waals surface area contributed by atoms with Crippen LogP contribution < -0.4 is 11.1 Å². The van der Waals surface area contributed by atoms with E-state index in [-0.39, 0.29) is 0 Å². The van der Waals surface area contributed by atoms with Crippen molar-refractivity contribution in [2.45, 2.75) is 32.7 Å². The normalized spacial score (nSPS) is 14.8. The molecule has 0 radical (unpaired) electrons. The lowest BCUT2D eigenvalue weighted by atomic mass is 9.94. The third-order valence-electron chi connectivity index (χ3n) is 3.53. The zero-order chi connectivity index (χ0) is 13.1. The van der Waals surface area contributed by atoms with Gasteiger partial charge in [-0.2, -0.15) is 0 Å². The van der Waals surface area contributed by atoms with Crippen LogP contribution in [0.3, 0.4) is 0 Å². The third-order valence-corrected chi connectivity index (χ3v) is 3.53. The number of hydrogen-bond donors (Lipinski definition) is 2. The molecule has 2 aromatic rings. The summed E-state index contributed by atoms with van der Waals surface area (Å²) in [6.45, 7) is 4.45. The summed E-state index contributed by atoms with van der Waals surface area (Å²) in [5.74, 6) is 0.265. The molecular formula is C14H20N2O2. The molecule has 18 heavy (non-hydrogen) atoms. The Balaban J connectivity index is 2.29. The Morgan fingerprint density at radius 1 is 1.44 bits per heavy atom. The van der Waals surface area contributed by atoms with Gasteiger partial charge in [-0.15, -0.1) is 0 Å². The van der Waals surface area contributed by atoms with Crippen molar-refractivity contribution in [2.24, 2.45) is 5.92 Å². The molecule has 2 N–H and O–H groups in total. The largest absolute Gasteiger partial charge is 0.417 e. The first-order valence-corrected chi connectivity index (χ1v) is 6.44. The molecule has 0 bridgehead atoms. The predicted molar refractivity (Wildman–Crippen MR) is 72.7 cm³/mol. The van der Waals surface area contributed by atoms with Gasteiger partial charge in [0.15, 0.2) is 5.58 Å². The molecule has 98 valence electrons. The number of oxazole rings is 1. The Hall–Kier alpha value is -1.55. The highest BCUT2D eigenvalue weighted by molar-refractivity contribution is 5.72. The van der Waals surface area contributed by atoms with Crippen molar-refractivity contribution < 1.29 is 4.42 Å². The maximum atomic E-state index is 11.1. The van der Waals surface area contributed by atoms with Crippen LogP contribution in [-0.4, -0.2) is 12.0 Å². The molecule has 0 aliphatic carbocycles. The molecular weight excluding hydrogens is 228 g/mol. The minimum atomic E-state index is -0.398. The molecule has 2 unspecified atom stereocenters. The molecule has 1 aromatic carbocycles. The van der Waals surface area contributed by atoms with Crippen LogP contribution in [-0.2, 0) is 0 Å². The van der Waals surface area contributed by atoms with Crippen LogP contribution >= 0.6 is 0 Å². The van der Waals surface area contributed by atoms with Gasteiger partial charge in [0.1, 0.15) is 0 Å². The summed E-state index contributed by atoms with van der Waals surface area (Å²) in [7, 11) is 1.96. The summed E-state index contributed by atoms with van der Waals surface area (Å²) in [6.07, 6.45) is 2.24. The number of rotatable bonds is 5. The summed E-state index contributed by atoms with van der Waals surface area (Å²) in [6, 6.07) is 6.18. The number of fused-ring (bicyclic) bond motifs is 1. The van der Waals surface area contributed by atoms with Gasteiger partial charge in [-0.3, -0.25) is 4.98 Å². The maximum Gasteiger partial charge on any atom is 0.417 e. The Morgan fingerprint density at radius 3 is 2.89 bits per heavy atom. The van der Waals surface area contributed by atoms with Crippen molar-refractivity contribution in [3.8, 4) is 0 Å². The van der Waals surface area contributed by atoms with E-state index in [1.54, 1.807) is 0 Å². The number of aromatic amines is 1. The predicted octanol–water partition coefficient (Wildman–Crippen LogP) is 2.82. The Bertz CT molecular complexity index is 570. The fourth-order valence-corrected chi connectivity index (χ4v) is 2.17. The Labute approximate surface area is 106 Å². The third kappa shape index (κ3) is 2.64. The molecule has 0 aliphatic heterocycles. The first kappa shape index (κ1) is 12.9. The van der Waals surface area contributed by atoms with E-state index in [9.17, 15) is 4.79 Å². The number of benzene rings is 1. The first-order valence-electron chi connectivity index (χ1n) is 6.44. The van der Waals surface area contributed by atoms with Crippen LogP contribution in [0.15, 0.2) is 27.4 Å². The molecule has 2 rings (SSSR count). The topological polar surface area (TPSA) is 58.0 Å². The zero-order valence-electron chi connectivity index (χ0n) is 11.1. The van der Waals surface area contributed by atoms with Crippen molar-refractivity contribution in [2.75, 3.05) is 7.05 Å². The van der Waals surface area contributed by atoms with E-state index in [1.165, 1.54) is 6.42 Å². The summed E-state index contributed by atoms with van der Waals surface area (Å²) in [5, 5.41) is 3.33. The van der Waals surface area contributed by atoms with Gasteiger partial charge in [-0.05, 0) is 37.1 Å². The van der Waals surface area contributed by atoms with Gasteiger partial charge in [-0.1, -0.05) is 26.3 Å². The van der Waals surface area contributed by atoms with Crippen LogP contribution in [0, 0.1) is 5.92 Å². The molecule has 0 amide bonds. The number of H-pyrrole nitrogens is 1. The van der Waals surface area contributed by atoms with E-state index in [0.717, 1.165) is 17.5 Å². The van der Waals surface area contributed by atoms with Gasteiger partial charge >= 0.3 is 5.76 Å². The second-order valence-electron chi connectivity index (χ2n) is 4.86. The van der Waals surface area contributed by atoms with E-state index >= 15 is 0 Å². The van der Waals surface area contributed by atoms with E-state index in [0.29, 0.717) is 17.5 Å². The van der Waals surface area contributed by atoms with Gasteiger partial charge in [0, 0.05) is 6.04 Å². The molecule has 0 spiro atoms. The Kier molecular flexibility index (Phi) is 3.87. The van der Waals surface area contributed by atoms with E-state index in [1.807, 2.05) is 25.2 Å². The molecule has 0 aliphatic rings. The highest BCUT2D eigenvalue weighted by Crippen LogP contribution is 2.24. The molecule has 2 atom stereocenters. The highest BCUT2D eigenvalue weighted by Gasteiger charge is 2.14. The number of hydrogen-bond acceptors (Lipinski definition) is 3. The lowest BCUT2D eigenvalue weighted by molar-refractivity contribution is 0.422.